The van der Waals surface area contributed by atoms with Crippen LogP contribution in [0.4, 0.5) is 5.69 Å². The van der Waals surface area contributed by atoms with Crippen molar-refractivity contribution < 1.29 is 18.3 Å². The SMILES string of the molecule is CS(=O)(=O)Nc1ccccc1C(N)CCC(=O)O. The maximum absolute atomic E-state index is 11.2. The summed E-state index contributed by atoms with van der Waals surface area (Å²) in [6, 6.07) is 6.16. The zero-order chi connectivity index (χ0) is 13.8. The number of benzene rings is 1. The number of carboxylic acids is 1. The van der Waals surface area contributed by atoms with Crippen LogP contribution in [0.2, 0.25) is 0 Å². The number of carbonyl (C=O) groups is 1. The van der Waals surface area contributed by atoms with E-state index in [0.717, 1.165) is 6.26 Å². The molecule has 0 fully saturated rings. The van der Waals surface area contributed by atoms with Crippen LogP contribution in [0, 0.1) is 0 Å². The summed E-state index contributed by atoms with van der Waals surface area (Å²) in [7, 11) is -3.39. The van der Waals surface area contributed by atoms with Gasteiger partial charge in [-0.3, -0.25) is 9.52 Å². The number of nitrogens with two attached hydrogens (primary N) is 1. The first-order valence-corrected chi connectivity index (χ1v) is 7.23. The summed E-state index contributed by atoms with van der Waals surface area (Å²) in [4.78, 5) is 10.5. The van der Waals surface area contributed by atoms with E-state index in [2.05, 4.69) is 4.72 Å². The van der Waals surface area contributed by atoms with Crippen molar-refractivity contribution in [3.05, 3.63) is 29.8 Å². The van der Waals surface area contributed by atoms with Gasteiger partial charge in [0.2, 0.25) is 10.0 Å². The second kappa shape index (κ2) is 5.83. The van der Waals surface area contributed by atoms with Crippen molar-refractivity contribution in [1.29, 1.82) is 0 Å². The third kappa shape index (κ3) is 4.72. The summed E-state index contributed by atoms with van der Waals surface area (Å²) in [5.74, 6) is -0.931. The molecule has 0 radical (unpaired) electrons. The van der Waals surface area contributed by atoms with E-state index in [1.165, 1.54) is 0 Å². The monoisotopic (exact) mass is 272 g/mol. The van der Waals surface area contributed by atoms with Crippen molar-refractivity contribution in [3.63, 3.8) is 0 Å². The van der Waals surface area contributed by atoms with Crippen LogP contribution in [0.3, 0.4) is 0 Å². The topological polar surface area (TPSA) is 109 Å². The molecule has 1 aromatic rings. The number of rotatable bonds is 6. The van der Waals surface area contributed by atoms with Gasteiger partial charge in [0.15, 0.2) is 0 Å². The highest BCUT2D eigenvalue weighted by atomic mass is 32.2. The molecule has 100 valence electrons. The largest absolute Gasteiger partial charge is 0.481 e. The predicted molar refractivity (Wildman–Crippen MR) is 68.7 cm³/mol. The summed E-state index contributed by atoms with van der Waals surface area (Å²) in [6.45, 7) is 0. The molecule has 7 heteroatoms. The van der Waals surface area contributed by atoms with Crippen molar-refractivity contribution >= 4 is 21.7 Å². The van der Waals surface area contributed by atoms with Gasteiger partial charge in [0, 0.05) is 12.5 Å². The predicted octanol–water partition coefficient (Wildman–Crippen LogP) is 0.923. The Hall–Kier alpha value is -1.60. The molecule has 0 aliphatic carbocycles. The maximum Gasteiger partial charge on any atom is 0.303 e. The summed E-state index contributed by atoms with van der Waals surface area (Å²) < 4.78 is 24.8. The van der Waals surface area contributed by atoms with E-state index < -0.39 is 22.0 Å². The van der Waals surface area contributed by atoms with Crippen molar-refractivity contribution in [2.45, 2.75) is 18.9 Å². The average molecular weight is 272 g/mol. The van der Waals surface area contributed by atoms with Crippen LogP contribution in [-0.2, 0) is 14.8 Å². The Bertz CT molecular complexity index is 528. The number of nitrogens with one attached hydrogen (secondary N) is 1. The van der Waals surface area contributed by atoms with Crippen molar-refractivity contribution in [3.8, 4) is 0 Å². The zero-order valence-electron chi connectivity index (χ0n) is 9.96. The second-order valence-corrected chi connectivity index (χ2v) is 5.75. The van der Waals surface area contributed by atoms with Crippen LogP contribution in [-0.4, -0.2) is 25.7 Å². The van der Waals surface area contributed by atoms with Crippen molar-refractivity contribution in [1.82, 2.24) is 0 Å². The minimum absolute atomic E-state index is 0.0611. The van der Waals surface area contributed by atoms with E-state index in [0.29, 0.717) is 11.3 Å². The summed E-state index contributed by atoms with van der Waals surface area (Å²) in [5.41, 5.74) is 6.84. The van der Waals surface area contributed by atoms with Gasteiger partial charge in [-0.1, -0.05) is 18.2 Å². The standard InChI is InChI=1S/C11H16N2O4S/c1-18(16,17)13-10-5-3-2-4-8(10)9(12)6-7-11(14)15/h2-5,9,13H,6-7,12H2,1H3,(H,14,15). The Morgan fingerprint density at radius 1 is 1.44 bits per heavy atom. The third-order valence-electron chi connectivity index (χ3n) is 2.32. The number of anilines is 1. The van der Waals surface area contributed by atoms with Crippen molar-refractivity contribution in [2.75, 3.05) is 11.0 Å². The van der Waals surface area contributed by atoms with Gasteiger partial charge < -0.3 is 10.8 Å². The average Bonchev–Trinajstić information content (AvgIpc) is 2.24. The van der Waals surface area contributed by atoms with E-state index in [-0.39, 0.29) is 12.8 Å². The molecule has 0 aliphatic heterocycles. The smallest absolute Gasteiger partial charge is 0.303 e. The molecule has 0 heterocycles. The summed E-state index contributed by atoms with van der Waals surface area (Å²) in [6.07, 6.45) is 1.23. The highest BCUT2D eigenvalue weighted by Gasteiger charge is 2.14. The first kappa shape index (κ1) is 14.5. The first-order chi connectivity index (χ1) is 8.29. The Kier molecular flexibility index (Phi) is 4.69. The summed E-state index contributed by atoms with van der Waals surface area (Å²) >= 11 is 0. The van der Waals surface area contributed by atoms with Gasteiger partial charge in [-0.25, -0.2) is 8.42 Å². The van der Waals surface area contributed by atoms with Gasteiger partial charge in [-0.15, -0.1) is 0 Å². The molecule has 0 spiro atoms. The summed E-state index contributed by atoms with van der Waals surface area (Å²) in [5, 5.41) is 8.60. The Balaban J connectivity index is 2.90. The van der Waals surface area contributed by atoms with Crippen LogP contribution >= 0.6 is 0 Å². The Morgan fingerprint density at radius 2 is 2.06 bits per heavy atom. The molecule has 1 rings (SSSR count). The zero-order valence-corrected chi connectivity index (χ0v) is 10.8. The second-order valence-electron chi connectivity index (χ2n) is 4.00. The number of carboxylic acid groups (broad SMARTS) is 1. The van der Waals surface area contributed by atoms with Gasteiger partial charge >= 0.3 is 5.97 Å². The molecule has 1 aromatic carbocycles. The van der Waals surface area contributed by atoms with Crippen LogP contribution < -0.4 is 10.5 Å². The Labute approximate surface area is 106 Å². The highest BCUT2D eigenvalue weighted by molar-refractivity contribution is 7.92. The molecule has 1 atom stereocenters. The molecule has 0 amide bonds. The van der Waals surface area contributed by atoms with Crippen LogP contribution in [0.25, 0.3) is 0 Å². The van der Waals surface area contributed by atoms with E-state index in [4.69, 9.17) is 10.8 Å². The fourth-order valence-electron chi connectivity index (χ4n) is 1.55. The van der Waals surface area contributed by atoms with Gasteiger partial charge in [0.25, 0.3) is 0 Å². The molecule has 0 bridgehead atoms. The molecule has 4 N–H and O–H groups in total. The van der Waals surface area contributed by atoms with Crippen LogP contribution in [0.15, 0.2) is 24.3 Å². The Morgan fingerprint density at radius 3 is 2.61 bits per heavy atom. The van der Waals surface area contributed by atoms with E-state index >= 15 is 0 Å². The normalized spacial score (nSPS) is 13.0. The number of hydrogen-bond donors (Lipinski definition) is 3. The molecule has 0 aliphatic rings. The fraction of sp³-hybridized carbons (Fsp3) is 0.364. The number of aliphatic carboxylic acids is 1. The van der Waals surface area contributed by atoms with Gasteiger partial charge in [-0.05, 0) is 18.1 Å². The molecule has 0 aromatic heterocycles. The van der Waals surface area contributed by atoms with Gasteiger partial charge in [0.05, 0.1) is 11.9 Å². The lowest BCUT2D eigenvalue weighted by molar-refractivity contribution is -0.137. The fourth-order valence-corrected chi connectivity index (χ4v) is 2.13. The molecule has 18 heavy (non-hydrogen) atoms. The van der Waals surface area contributed by atoms with E-state index in [1.807, 2.05) is 0 Å². The lowest BCUT2D eigenvalue weighted by Crippen LogP contribution is -2.17. The molecule has 0 saturated heterocycles. The molecular weight excluding hydrogens is 256 g/mol. The quantitative estimate of drug-likeness (QED) is 0.713. The van der Waals surface area contributed by atoms with Crippen LogP contribution in [0.5, 0.6) is 0 Å². The lowest BCUT2D eigenvalue weighted by atomic mass is 10.0. The molecule has 1 unspecified atom stereocenters. The molecule has 0 saturated carbocycles. The minimum Gasteiger partial charge on any atom is -0.481 e. The van der Waals surface area contributed by atoms with Crippen LogP contribution in [0.1, 0.15) is 24.4 Å². The maximum atomic E-state index is 11.2. The van der Waals surface area contributed by atoms with E-state index in [1.54, 1.807) is 24.3 Å². The highest BCUT2D eigenvalue weighted by Crippen LogP contribution is 2.24. The number of sulfonamides is 1. The van der Waals surface area contributed by atoms with Gasteiger partial charge in [0.1, 0.15) is 0 Å². The number of hydrogen-bond acceptors (Lipinski definition) is 4. The first-order valence-electron chi connectivity index (χ1n) is 5.33. The molecular formula is C11H16N2O4S. The number of para-hydroxylation sites is 1. The third-order valence-corrected chi connectivity index (χ3v) is 2.92. The minimum atomic E-state index is -3.39. The molecule has 6 nitrogen and oxygen atoms in total. The van der Waals surface area contributed by atoms with Crippen molar-refractivity contribution in [2.24, 2.45) is 5.73 Å². The lowest BCUT2D eigenvalue weighted by Gasteiger charge is -2.16. The van der Waals surface area contributed by atoms with E-state index in [9.17, 15) is 13.2 Å². The van der Waals surface area contributed by atoms with Gasteiger partial charge in [-0.2, -0.15) is 0 Å².